The molecule has 0 fully saturated rings. The van der Waals surface area contributed by atoms with Crippen molar-refractivity contribution in [2.45, 2.75) is 13.3 Å². The quantitative estimate of drug-likeness (QED) is 0.715. The zero-order valence-corrected chi connectivity index (χ0v) is 14.5. The lowest BCUT2D eigenvalue weighted by Crippen LogP contribution is -2.15. The van der Waals surface area contributed by atoms with Crippen LogP contribution in [-0.4, -0.2) is 34.0 Å². The molecule has 132 valence electrons. The summed E-state index contributed by atoms with van der Waals surface area (Å²) in [6.45, 7) is 1.94. The summed E-state index contributed by atoms with van der Waals surface area (Å²) < 4.78 is 6.32. The first-order chi connectivity index (χ1) is 12.6. The van der Waals surface area contributed by atoms with Gasteiger partial charge >= 0.3 is 5.97 Å². The van der Waals surface area contributed by atoms with Gasteiger partial charge in [-0.2, -0.15) is 0 Å². The maximum atomic E-state index is 12.6. The predicted octanol–water partition coefficient (Wildman–Crippen LogP) is 2.87. The van der Waals surface area contributed by atoms with Crippen LogP contribution in [0, 0.1) is 0 Å². The van der Waals surface area contributed by atoms with Crippen LogP contribution in [0.15, 0.2) is 54.6 Å². The third kappa shape index (κ3) is 3.46. The van der Waals surface area contributed by atoms with Crippen molar-refractivity contribution < 1.29 is 14.3 Å². The Bertz CT molecular complexity index is 918. The Hall–Kier alpha value is -3.48. The Kier molecular flexibility index (Phi) is 5.07. The molecule has 1 heterocycles. The number of aromatic nitrogens is 3. The molecule has 0 aliphatic rings. The number of rotatable bonds is 5. The standard InChI is InChI=1S/C19H18N4O3/c1-3-16-17(21-22-23(16)15-7-5-4-6-8-15)18(24)20-14-11-9-13(10-12-14)19(25)26-2/h4-12H,3H2,1-2H3,(H,20,24). The molecule has 1 aromatic heterocycles. The van der Waals surface area contributed by atoms with Crippen LogP contribution in [0.3, 0.4) is 0 Å². The summed E-state index contributed by atoms with van der Waals surface area (Å²) in [5.41, 5.74) is 2.81. The largest absolute Gasteiger partial charge is 0.465 e. The maximum absolute atomic E-state index is 12.6. The van der Waals surface area contributed by atoms with Crippen LogP contribution in [0.2, 0.25) is 0 Å². The van der Waals surface area contributed by atoms with E-state index in [0.717, 1.165) is 11.4 Å². The number of carbonyl (C=O) groups excluding carboxylic acids is 2. The third-order valence-corrected chi connectivity index (χ3v) is 3.88. The van der Waals surface area contributed by atoms with Gasteiger partial charge in [0.15, 0.2) is 5.69 Å². The highest BCUT2D eigenvalue weighted by Crippen LogP contribution is 2.16. The number of esters is 1. The minimum absolute atomic E-state index is 0.272. The molecule has 3 aromatic rings. The number of hydrogen-bond donors (Lipinski definition) is 1. The molecule has 7 nitrogen and oxygen atoms in total. The summed E-state index contributed by atoms with van der Waals surface area (Å²) in [6.07, 6.45) is 0.603. The Morgan fingerprint density at radius 2 is 1.77 bits per heavy atom. The molecule has 0 bridgehead atoms. The van der Waals surface area contributed by atoms with Crippen molar-refractivity contribution in [2.24, 2.45) is 0 Å². The highest BCUT2D eigenvalue weighted by atomic mass is 16.5. The predicted molar refractivity (Wildman–Crippen MR) is 96.5 cm³/mol. The molecule has 0 aliphatic heterocycles. The monoisotopic (exact) mass is 350 g/mol. The molecule has 0 atom stereocenters. The molecule has 0 radical (unpaired) electrons. The van der Waals surface area contributed by atoms with Crippen molar-refractivity contribution in [1.82, 2.24) is 15.0 Å². The molecule has 3 rings (SSSR count). The average molecular weight is 350 g/mol. The molecule has 1 amide bonds. The molecule has 7 heteroatoms. The average Bonchev–Trinajstić information content (AvgIpc) is 3.13. The van der Waals surface area contributed by atoms with Gasteiger partial charge < -0.3 is 10.1 Å². The Morgan fingerprint density at radius 3 is 2.38 bits per heavy atom. The van der Waals surface area contributed by atoms with Crippen molar-refractivity contribution in [3.63, 3.8) is 0 Å². The van der Waals surface area contributed by atoms with Gasteiger partial charge in [0.05, 0.1) is 24.1 Å². The van der Waals surface area contributed by atoms with Crippen LogP contribution >= 0.6 is 0 Å². The molecule has 0 saturated carbocycles. The van der Waals surface area contributed by atoms with Crippen LogP contribution in [-0.2, 0) is 11.2 Å². The first-order valence-corrected chi connectivity index (χ1v) is 8.13. The number of nitrogens with zero attached hydrogens (tertiary/aromatic N) is 3. The third-order valence-electron chi connectivity index (χ3n) is 3.88. The Balaban J connectivity index is 1.82. The highest BCUT2D eigenvalue weighted by molar-refractivity contribution is 6.03. The van der Waals surface area contributed by atoms with Crippen LogP contribution in [0.4, 0.5) is 5.69 Å². The van der Waals surface area contributed by atoms with Crippen molar-refractivity contribution in [3.8, 4) is 5.69 Å². The van der Waals surface area contributed by atoms with Gasteiger partial charge in [-0.05, 0) is 42.8 Å². The summed E-state index contributed by atoms with van der Waals surface area (Å²) >= 11 is 0. The fourth-order valence-corrected chi connectivity index (χ4v) is 2.57. The van der Waals surface area contributed by atoms with Crippen molar-refractivity contribution in [1.29, 1.82) is 0 Å². The zero-order valence-electron chi connectivity index (χ0n) is 14.5. The number of benzene rings is 2. The Labute approximate surface area is 150 Å². The normalized spacial score (nSPS) is 10.4. The second kappa shape index (κ2) is 7.60. The summed E-state index contributed by atoms with van der Waals surface area (Å²) in [4.78, 5) is 24.1. The molecule has 0 unspecified atom stereocenters. The van der Waals surface area contributed by atoms with Gasteiger partial charge in [0.2, 0.25) is 0 Å². The smallest absolute Gasteiger partial charge is 0.337 e. The minimum Gasteiger partial charge on any atom is -0.465 e. The van der Waals surface area contributed by atoms with E-state index in [1.807, 2.05) is 37.3 Å². The van der Waals surface area contributed by atoms with Crippen molar-refractivity contribution >= 4 is 17.6 Å². The van der Waals surface area contributed by atoms with E-state index < -0.39 is 5.97 Å². The van der Waals surface area contributed by atoms with Gasteiger partial charge in [-0.1, -0.05) is 30.3 Å². The lowest BCUT2D eigenvalue weighted by molar-refractivity contribution is 0.0600. The molecule has 26 heavy (non-hydrogen) atoms. The number of ether oxygens (including phenoxy) is 1. The van der Waals surface area contributed by atoms with E-state index in [1.54, 1.807) is 28.9 Å². The van der Waals surface area contributed by atoms with E-state index in [2.05, 4.69) is 20.4 Å². The van der Waals surface area contributed by atoms with Crippen LogP contribution in [0.5, 0.6) is 0 Å². The van der Waals surface area contributed by atoms with E-state index in [-0.39, 0.29) is 11.6 Å². The fourth-order valence-electron chi connectivity index (χ4n) is 2.57. The number of methoxy groups -OCH3 is 1. The fraction of sp³-hybridized carbons (Fsp3) is 0.158. The molecule has 1 N–H and O–H groups in total. The zero-order chi connectivity index (χ0) is 18.5. The van der Waals surface area contributed by atoms with Crippen molar-refractivity contribution in [2.75, 3.05) is 12.4 Å². The van der Waals surface area contributed by atoms with Crippen molar-refractivity contribution in [3.05, 3.63) is 71.5 Å². The number of carbonyl (C=O) groups is 2. The van der Waals surface area contributed by atoms with Gasteiger partial charge in [-0.3, -0.25) is 4.79 Å². The maximum Gasteiger partial charge on any atom is 0.337 e. The number of para-hydroxylation sites is 1. The topological polar surface area (TPSA) is 86.1 Å². The van der Waals surface area contributed by atoms with E-state index in [4.69, 9.17) is 0 Å². The second-order valence-electron chi connectivity index (χ2n) is 5.51. The first-order valence-electron chi connectivity index (χ1n) is 8.13. The molecular formula is C19H18N4O3. The number of hydrogen-bond acceptors (Lipinski definition) is 5. The molecule has 0 spiro atoms. The van der Waals surface area contributed by atoms with Gasteiger partial charge in [0.25, 0.3) is 5.91 Å². The lowest BCUT2D eigenvalue weighted by Gasteiger charge is -2.07. The Morgan fingerprint density at radius 1 is 1.08 bits per heavy atom. The summed E-state index contributed by atoms with van der Waals surface area (Å²) in [5, 5.41) is 10.9. The minimum atomic E-state index is -0.429. The van der Waals surface area contributed by atoms with Crippen LogP contribution in [0.25, 0.3) is 5.69 Å². The number of amides is 1. The number of nitrogens with one attached hydrogen (secondary N) is 1. The number of anilines is 1. The summed E-state index contributed by atoms with van der Waals surface area (Å²) in [5.74, 6) is -0.781. The first kappa shape index (κ1) is 17.3. The molecule has 0 aliphatic carbocycles. The van der Waals surface area contributed by atoms with Crippen LogP contribution < -0.4 is 5.32 Å². The van der Waals surface area contributed by atoms with Gasteiger partial charge in [0.1, 0.15) is 0 Å². The van der Waals surface area contributed by atoms with E-state index in [1.165, 1.54) is 7.11 Å². The molecule has 2 aromatic carbocycles. The van der Waals surface area contributed by atoms with Gasteiger partial charge in [-0.25, -0.2) is 9.48 Å². The van der Waals surface area contributed by atoms with Gasteiger partial charge in [-0.15, -0.1) is 5.10 Å². The molecular weight excluding hydrogens is 332 g/mol. The second-order valence-corrected chi connectivity index (χ2v) is 5.51. The van der Waals surface area contributed by atoms with Gasteiger partial charge in [0, 0.05) is 5.69 Å². The van der Waals surface area contributed by atoms with E-state index >= 15 is 0 Å². The van der Waals surface area contributed by atoms with E-state index in [9.17, 15) is 9.59 Å². The lowest BCUT2D eigenvalue weighted by atomic mass is 10.2. The van der Waals surface area contributed by atoms with Crippen LogP contribution in [0.1, 0.15) is 33.5 Å². The van der Waals surface area contributed by atoms with E-state index in [0.29, 0.717) is 17.7 Å². The highest BCUT2D eigenvalue weighted by Gasteiger charge is 2.19. The summed E-state index contributed by atoms with van der Waals surface area (Å²) in [6, 6.07) is 16.0. The summed E-state index contributed by atoms with van der Waals surface area (Å²) in [7, 11) is 1.32. The SMILES string of the molecule is CCc1c(C(=O)Nc2ccc(C(=O)OC)cc2)nnn1-c1ccccc1. The molecule has 0 saturated heterocycles.